The van der Waals surface area contributed by atoms with E-state index in [9.17, 15) is 14.7 Å². The maximum atomic E-state index is 13.2. The number of hydrogen-bond donors (Lipinski definition) is 2. The van der Waals surface area contributed by atoms with Crippen LogP contribution in [0.25, 0.3) is 10.8 Å². The highest BCUT2D eigenvalue weighted by Crippen LogP contribution is 2.25. The fourth-order valence-electron chi connectivity index (χ4n) is 4.59. The van der Waals surface area contributed by atoms with E-state index in [1.807, 2.05) is 44.2 Å². The number of amides is 1. The molecule has 3 aromatic carbocycles. The van der Waals surface area contributed by atoms with Gasteiger partial charge in [0.25, 0.3) is 5.91 Å². The molecule has 1 amide bonds. The Morgan fingerprint density at radius 3 is 2.53 bits per heavy atom. The summed E-state index contributed by atoms with van der Waals surface area (Å²) in [7, 11) is 0. The molecule has 1 heterocycles. The van der Waals surface area contributed by atoms with Gasteiger partial charge in [0.15, 0.2) is 0 Å². The van der Waals surface area contributed by atoms with Crippen molar-refractivity contribution in [2.75, 3.05) is 13.1 Å². The van der Waals surface area contributed by atoms with Crippen LogP contribution >= 0.6 is 0 Å². The monoisotopic (exact) mass is 430 g/mol. The first kappa shape index (κ1) is 22.0. The van der Waals surface area contributed by atoms with E-state index < -0.39 is 5.97 Å². The van der Waals surface area contributed by atoms with Gasteiger partial charge in [0, 0.05) is 12.1 Å². The molecule has 0 spiro atoms. The van der Waals surface area contributed by atoms with Gasteiger partial charge in [0.05, 0.1) is 12.0 Å². The predicted molar refractivity (Wildman–Crippen MR) is 127 cm³/mol. The molecule has 4 rings (SSSR count). The average Bonchev–Trinajstić information content (AvgIpc) is 2.80. The van der Waals surface area contributed by atoms with Gasteiger partial charge in [-0.25, -0.2) is 0 Å². The van der Waals surface area contributed by atoms with E-state index >= 15 is 0 Å². The predicted octanol–water partition coefficient (Wildman–Crippen LogP) is 4.94. The fourth-order valence-corrected chi connectivity index (χ4v) is 4.59. The van der Waals surface area contributed by atoms with Gasteiger partial charge in [-0.05, 0) is 73.3 Å². The number of hydrogen-bond acceptors (Lipinski definition) is 3. The molecule has 32 heavy (non-hydrogen) atoms. The summed E-state index contributed by atoms with van der Waals surface area (Å²) in [6.07, 6.45) is 1.36. The lowest BCUT2D eigenvalue weighted by atomic mass is 9.96. The Bertz CT molecular complexity index is 1130. The molecule has 0 saturated carbocycles. The average molecular weight is 431 g/mol. The number of nitrogens with zero attached hydrogens (tertiary/aromatic N) is 1. The molecule has 0 radical (unpaired) electrons. The first-order valence-corrected chi connectivity index (χ1v) is 11.3. The van der Waals surface area contributed by atoms with Crippen molar-refractivity contribution in [2.45, 2.75) is 39.3 Å². The first-order valence-electron chi connectivity index (χ1n) is 11.3. The summed E-state index contributed by atoms with van der Waals surface area (Å²) < 4.78 is 0. The van der Waals surface area contributed by atoms with Crippen LogP contribution in [0.5, 0.6) is 0 Å². The highest BCUT2D eigenvalue weighted by atomic mass is 16.4. The molecule has 2 N–H and O–H groups in total. The minimum atomic E-state index is -0.695. The molecular weight excluding hydrogens is 400 g/mol. The van der Waals surface area contributed by atoms with Crippen LogP contribution in [0, 0.1) is 12.8 Å². The van der Waals surface area contributed by atoms with E-state index in [1.54, 1.807) is 0 Å². The zero-order valence-corrected chi connectivity index (χ0v) is 18.7. The summed E-state index contributed by atoms with van der Waals surface area (Å²) in [5.41, 5.74) is 3.81. The van der Waals surface area contributed by atoms with Gasteiger partial charge in [-0.2, -0.15) is 0 Å². The standard InChI is InChI=1S/C27H30N2O3/c1-18-10-11-20(17-29-14-12-22(13-15-29)27(31)32)16-25(18)26(30)28-19(2)23-9-5-7-21-6-3-4-8-24(21)23/h3-11,16,19,22H,12-15,17H2,1-2H3,(H,28,30)(H,31,32)/t19-/m1/s1. The molecule has 0 aromatic heterocycles. The van der Waals surface area contributed by atoms with Crippen molar-refractivity contribution >= 4 is 22.6 Å². The van der Waals surface area contributed by atoms with Crippen LogP contribution in [0.4, 0.5) is 0 Å². The van der Waals surface area contributed by atoms with Gasteiger partial charge in [0.2, 0.25) is 0 Å². The van der Waals surface area contributed by atoms with Crippen LogP contribution in [0.3, 0.4) is 0 Å². The molecule has 0 unspecified atom stereocenters. The Labute approximate surface area is 189 Å². The molecule has 0 bridgehead atoms. The maximum Gasteiger partial charge on any atom is 0.306 e. The van der Waals surface area contributed by atoms with Crippen LogP contribution in [-0.2, 0) is 11.3 Å². The van der Waals surface area contributed by atoms with Crippen molar-refractivity contribution in [3.05, 3.63) is 82.9 Å². The second kappa shape index (κ2) is 9.53. The molecule has 5 heteroatoms. The third-order valence-electron chi connectivity index (χ3n) is 6.53. The molecule has 1 aliphatic rings. The summed E-state index contributed by atoms with van der Waals surface area (Å²) in [4.78, 5) is 26.6. The minimum absolute atomic E-state index is 0.0747. The summed E-state index contributed by atoms with van der Waals surface area (Å²) >= 11 is 0. The lowest BCUT2D eigenvalue weighted by Gasteiger charge is -2.30. The summed E-state index contributed by atoms with van der Waals surface area (Å²) in [5.74, 6) is -1.00. The number of carboxylic acids is 1. The number of aryl methyl sites for hydroxylation is 1. The minimum Gasteiger partial charge on any atom is -0.481 e. The highest BCUT2D eigenvalue weighted by molar-refractivity contribution is 5.96. The van der Waals surface area contributed by atoms with Gasteiger partial charge in [0.1, 0.15) is 0 Å². The topological polar surface area (TPSA) is 69.6 Å². The number of carbonyl (C=O) groups excluding carboxylic acids is 1. The molecule has 1 fully saturated rings. The Hall–Kier alpha value is -3.18. The van der Waals surface area contributed by atoms with E-state index in [1.165, 1.54) is 0 Å². The van der Waals surface area contributed by atoms with E-state index in [0.29, 0.717) is 18.4 Å². The number of nitrogens with one attached hydrogen (secondary N) is 1. The molecule has 3 aromatic rings. The number of fused-ring (bicyclic) bond motifs is 1. The lowest BCUT2D eigenvalue weighted by molar-refractivity contribution is -0.143. The molecular formula is C27H30N2O3. The smallest absolute Gasteiger partial charge is 0.306 e. The van der Waals surface area contributed by atoms with E-state index in [4.69, 9.17) is 0 Å². The summed E-state index contributed by atoms with van der Waals surface area (Å²) in [6, 6.07) is 20.3. The number of aliphatic carboxylic acids is 1. The maximum absolute atomic E-state index is 13.2. The van der Waals surface area contributed by atoms with Gasteiger partial charge < -0.3 is 10.4 Å². The third kappa shape index (κ3) is 4.83. The lowest BCUT2D eigenvalue weighted by Crippen LogP contribution is -2.36. The first-order chi connectivity index (χ1) is 15.4. The quantitative estimate of drug-likeness (QED) is 0.581. The van der Waals surface area contributed by atoms with Crippen LogP contribution in [0.2, 0.25) is 0 Å². The molecule has 0 aliphatic carbocycles. The van der Waals surface area contributed by atoms with Crippen molar-refractivity contribution < 1.29 is 14.7 Å². The second-order valence-electron chi connectivity index (χ2n) is 8.80. The van der Waals surface area contributed by atoms with Gasteiger partial charge in [-0.3, -0.25) is 14.5 Å². The highest BCUT2D eigenvalue weighted by Gasteiger charge is 2.24. The number of carbonyl (C=O) groups is 2. The van der Waals surface area contributed by atoms with Crippen LogP contribution in [-0.4, -0.2) is 35.0 Å². The van der Waals surface area contributed by atoms with E-state index in [2.05, 4.69) is 40.5 Å². The summed E-state index contributed by atoms with van der Waals surface area (Å²) in [5, 5.41) is 14.7. The normalized spacial score (nSPS) is 16.1. The van der Waals surface area contributed by atoms with Crippen molar-refractivity contribution in [3.63, 3.8) is 0 Å². The molecule has 166 valence electrons. The Balaban J connectivity index is 1.46. The molecule has 1 saturated heterocycles. The zero-order valence-electron chi connectivity index (χ0n) is 18.7. The number of likely N-dealkylation sites (tertiary alicyclic amines) is 1. The van der Waals surface area contributed by atoms with Gasteiger partial charge in [-0.15, -0.1) is 0 Å². The molecule has 1 aliphatic heterocycles. The van der Waals surface area contributed by atoms with Crippen LogP contribution < -0.4 is 5.32 Å². The van der Waals surface area contributed by atoms with E-state index in [0.717, 1.165) is 47.1 Å². The Morgan fingerprint density at radius 1 is 1.06 bits per heavy atom. The molecule has 1 atom stereocenters. The number of piperidine rings is 1. The van der Waals surface area contributed by atoms with Crippen molar-refractivity contribution in [1.29, 1.82) is 0 Å². The van der Waals surface area contributed by atoms with Crippen molar-refractivity contribution in [1.82, 2.24) is 10.2 Å². The van der Waals surface area contributed by atoms with Gasteiger partial charge in [-0.1, -0.05) is 54.6 Å². The second-order valence-corrected chi connectivity index (χ2v) is 8.80. The number of rotatable bonds is 6. The third-order valence-corrected chi connectivity index (χ3v) is 6.53. The number of benzene rings is 3. The Morgan fingerprint density at radius 2 is 1.78 bits per heavy atom. The summed E-state index contributed by atoms with van der Waals surface area (Å²) in [6.45, 7) is 6.24. The van der Waals surface area contributed by atoms with E-state index in [-0.39, 0.29) is 17.9 Å². The number of carboxylic acid groups (broad SMARTS) is 1. The van der Waals surface area contributed by atoms with Crippen molar-refractivity contribution in [3.8, 4) is 0 Å². The largest absolute Gasteiger partial charge is 0.481 e. The van der Waals surface area contributed by atoms with Gasteiger partial charge >= 0.3 is 5.97 Å². The Kier molecular flexibility index (Phi) is 6.56. The van der Waals surface area contributed by atoms with Crippen LogP contribution in [0.15, 0.2) is 60.7 Å². The zero-order chi connectivity index (χ0) is 22.7. The van der Waals surface area contributed by atoms with Crippen molar-refractivity contribution in [2.24, 2.45) is 5.92 Å². The van der Waals surface area contributed by atoms with Crippen LogP contribution in [0.1, 0.15) is 52.9 Å². The molecule has 5 nitrogen and oxygen atoms in total. The fraction of sp³-hybridized carbons (Fsp3) is 0.333. The SMILES string of the molecule is Cc1ccc(CN2CCC(C(=O)O)CC2)cc1C(=O)N[C@H](C)c1cccc2ccccc12.